The van der Waals surface area contributed by atoms with Crippen LogP contribution in [0.5, 0.6) is 0 Å². The summed E-state index contributed by atoms with van der Waals surface area (Å²) in [7, 11) is 1.26. The lowest BCUT2D eigenvalue weighted by Crippen LogP contribution is -2.17. The molecule has 0 aliphatic rings. The second kappa shape index (κ2) is 9.04. The molecule has 132 valence electrons. The summed E-state index contributed by atoms with van der Waals surface area (Å²) in [5.41, 5.74) is 2.32. The Balaban J connectivity index is 2.14. The number of amides is 1. The van der Waals surface area contributed by atoms with E-state index < -0.39 is 11.9 Å². The van der Waals surface area contributed by atoms with Crippen molar-refractivity contribution in [3.8, 4) is 6.07 Å². The maximum absolute atomic E-state index is 12.3. The maximum Gasteiger partial charge on any atom is 0.339 e. The quantitative estimate of drug-likeness (QED) is 0.473. The molecule has 0 spiro atoms. The summed E-state index contributed by atoms with van der Waals surface area (Å²) in [6.07, 6.45) is 2.26. The fourth-order valence-electron chi connectivity index (χ4n) is 2.21. The number of benzene rings is 2. The van der Waals surface area contributed by atoms with Gasteiger partial charge < -0.3 is 15.4 Å². The molecule has 0 heterocycles. The Hall–Kier alpha value is -3.59. The molecule has 2 aromatic rings. The molecule has 0 saturated carbocycles. The monoisotopic (exact) mass is 349 g/mol. The molecule has 26 heavy (non-hydrogen) atoms. The van der Waals surface area contributed by atoms with Crippen LogP contribution in [-0.2, 0) is 16.0 Å². The van der Waals surface area contributed by atoms with Gasteiger partial charge in [0.15, 0.2) is 0 Å². The van der Waals surface area contributed by atoms with Gasteiger partial charge in [0.1, 0.15) is 11.6 Å². The molecule has 0 atom stereocenters. The van der Waals surface area contributed by atoms with E-state index in [1.54, 1.807) is 18.2 Å². The molecule has 0 aliphatic heterocycles. The SMILES string of the molecule is CCc1ccc(N/C=C(/C#N)C(=O)Nc2ccccc2C(=O)OC)cc1. The summed E-state index contributed by atoms with van der Waals surface area (Å²) >= 11 is 0. The van der Waals surface area contributed by atoms with Gasteiger partial charge in [0.05, 0.1) is 18.4 Å². The molecule has 0 fully saturated rings. The molecule has 6 heteroatoms. The third-order valence-electron chi connectivity index (χ3n) is 3.69. The Morgan fingerprint density at radius 1 is 1.15 bits per heavy atom. The van der Waals surface area contributed by atoms with Gasteiger partial charge in [-0.1, -0.05) is 31.2 Å². The van der Waals surface area contributed by atoms with E-state index in [0.717, 1.165) is 12.1 Å². The lowest BCUT2D eigenvalue weighted by Gasteiger charge is -2.09. The van der Waals surface area contributed by atoms with Crippen molar-refractivity contribution in [2.24, 2.45) is 0 Å². The lowest BCUT2D eigenvalue weighted by molar-refractivity contribution is -0.112. The highest BCUT2D eigenvalue weighted by atomic mass is 16.5. The average Bonchev–Trinajstić information content (AvgIpc) is 2.68. The standard InChI is InChI=1S/C20H19N3O3/c1-3-14-8-10-16(11-9-14)22-13-15(12-21)19(24)23-18-7-5-4-6-17(18)20(25)26-2/h4-11,13,22H,3H2,1-2H3,(H,23,24)/b15-13-. The minimum absolute atomic E-state index is 0.121. The van der Waals surface area contributed by atoms with Crippen molar-refractivity contribution in [3.63, 3.8) is 0 Å². The van der Waals surface area contributed by atoms with Crippen LogP contribution in [-0.4, -0.2) is 19.0 Å². The molecule has 0 aromatic heterocycles. The van der Waals surface area contributed by atoms with Crippen LogP contribution >= 0.6 is 0 Å². The number of hydrogen-bond donors (Lipinski definition) is 2. The van der Waals surface area contributed by atoms with Crippen molar-refractivity contribution in [2.75, 3.05) is 17.7 Å². The highest BCUT2D eigenvalue weighted by Gasteiger charge is 2.15. The van der Waals surface area contributed by atoms with Crippen molar-refractivity contribution >= 4 is 23.3 Å². The first-order valence-corrected chi connectivity index (χ1v) is 8.03. The largest absolute Gasteiger partial charge is 0.465 e. The van der Waals surface area contributed by atoms with Crippen LogP contribution in [0.25, 0.3) is 0 Å². The van der Waals surface area contributed by atoms with Crippen molar-refractivity contribution in [2.45, 2.75) is 13.3 Å². The third-order valence-corrected chi connectivity index (χ3v) is 3.69. The highest BCUT2D eigenvalue weighted by Crippen LogP contribution is 2.17. The van der Waals surface area contributed by atoms with Crippen LogP contribution in [0.4, 0.5) is 11.4 Å². The summed E-state index contributed by atoms with van der Waals surface area (Å²) in [5.74, 6) is -1.20. The molecule has 0 radical (unpaired) electrons. The first kappa shape index (κ1) is 18.7. The Morgan fingerprint density at radius 2 is 1.85 bits per heavy atom. The summed E-state index contributed by atoms with van der Waals surface area (Å²) < 4.78 is 4.69. The van der Waals surface area contributed by atoms with Crippen molar-refractivity contribution in [3.05, 3.63) is 71.4 Å². The van der Waals surface area contributed by atoms with Crippen LogP contribution in [0.2, 0.25) is 0 Å². The van der Waals surface area contributed by atoms with Crippen molar-refractivity contribution in [1.29, 1.82) is 5.26 Å². The fraction of sp³-hybridized carbons (Fsp3) is 0.150. The molecular weight excluding hydrogens is 330 g/mol. The zero-order chi connectivity index (χ0) is 18.9. The number of carbonyl (C=O) groups excluding carboxylic acids is 2. The van der Waals surface area contributed by atoms with Crippen molar-refractivity contribution in [1.82, 2.24) is 0 Å². The predicted molar refractivity (Wildman–Crippen MR) is 99.5 cm³/mol. The van der Waals surface area contributed by atoms with Crippen LogP contribution in [0, 0.1) is 11.3 Å². The summed E-state index contributed by atoms with van der Waals surface area (Å²) in [4.78, 5) is 24.1. The number of hydrogen-bond acceptors (Lipinski definition) is 5. The number of nitriles is 1. The Bertz CT molecular complexity index is 865. The molecular formula is C20H19N3O3. The Kier molecular flexibility index (Phi) is 6.52. The van der Waals surface area contributed by atoms with Gasteiger partial charge in [-0.2, -0.15) is 5.26 Å². The molecule has 1 amide bonds. The van der Waals surface area contributed by atoms with Gasteiger partial charge in [0, 0.05) is 11.9 Å². The molecule has 0 unspecified atom stereocenters. The lowest BCUT2D eigenvalue weighted by atomic mass is 10.1. The molecule has 2 rings (SSSR count). The van der Waals surface area contributed by atoms with E-state index in [4.69, 9.17) is 0 Å². The average molecular weight is 349 g/mol. The van der Waals surface area contributed by atoms with Gasteiger partial charge in [-0.3, -0.25) is 4.79 Å². The molecule has 6 nitrogen and oxygen atoms in total. The topological polar surface area (TPSA) is 91.2 Å². The smallest absolute Gasteiger partial charge is 0.339 e. The van der Waals surface area contributed by atoms with E-state index in [0.29, 0.717) is 0 Å². The zero-order valence-electron chi connectivity index (χ0n) is 14.6. The number of ether oxygens (including phenoxy) is 1. The van der Waals surface area contributed by atoms with Gasteiger partial charge >= 0.3 is 5.97 Å². The molecule has 0 bridgehead atoms. The number of anilines is 2. The summed E-state index contributed by atoms with van der Waals surface area (Å²) in [6, 6.07) is 15.9. The van der Waals surface area contributed by atoms with E-state index >= 15 is 0 Å². The van der Waals surface area contributed by atoms with Crippen LogP contribution in [0.1, 0.15) is 22.8 Å². The Labute approximate surface area is 152 Å². The van der Waals surface area contributed by atoms with E-state index in [9.17, 15) is 14.9 Å². The first-order valence-electron chi connectivity index (χ1n) is 8.03. The van der Waals surface area contributed by atoms with Crippen LogP contribution < -0.4 is 10.6 Å². The minimum Gasteiger partial charge on any atom is -0.465 e. The number of carbonyl (C=O) groups is 2. The van der Waals surface area contributed by atoms with E-state index in [2.05, 4.69) is 22.3 Å². The highest BCUT2D eigenvalue weighted by molar-refractivity contribution is 6.09. The van der Waals surface area contributed by atoms with Gasteiger partial charge in [-0.05, 0) is 36.2 Å². The number of methoxy groups -OCH3 is 1. The number of rotatable bonds is 6. The normalized spacial score (nSPS) is 10.6. The minimum atomic E-state index is -0.624. The number of esters is 1. The fourth-order valence-corrected chi connectivity index (χ4v) is 2.21. The van der Waals surface area contributed by atoms with Gasteiger partial charge in [-0.15, -0.1) is 0 Å². The van der Waals surface area contributed by atoms with E-state index in [1.165, 1.54) is 24.9 Å². The van der Waals surface area contributed by atoms with Gasteiger partial charge in [-0.25, -0.2) is 4.79 Å². The van der Waals surface area contributed by atoms with Crippen molar-refractivity contribution < 1.29 is 14.3 Å². The Morgan fingerprint density at radius 3 is 2.46 bits per heavy atom. The van der Waals surface area contributed by atoms with Gasteiger partial charge in [0.2, 0.25) is 0 Å². The molecule has 2 aromatic carbocycles. The number of para-hydroxylation sites is 1. The van der Waals surface area contributed by atoms with Gasteiger partial charge in [0.25, 0.3) is 5.91 Å². The molecule has 0 aliphatic carbocycles. The molecule has 2 N–H and O–H groups in total. The summed E-state index contributed by atoms with van der Waals surface area (Å²) in [5, 5.41) is 14.7. The van der Waals surface area contributed by atoms with E-state index in [1.807, 2.05) is 30.3 Å². The maximum atomic E-state index is 12.3. The second-order valence-corrected chi connectivity index (χ2v) is 5.36. The number of aryl methyl sites for hydroxylation is 1. The van der Waals surface area contributed by atoms with E-state index in [-0.39, 0.29) is 16.8 Å². The van der Waals surface area contributed by atoms with Crippen LogP contribution in [0.15, 0.2) is 60.3 Å². The third kappa shape index (κ3) is 4.71. The zero-order valence-corrected chi connectivity index (χ0v) is 14.6. The summed E-state index contributed by atoms with van der Waals surface area (Å²) in [6.45, 7) is 2.06. The number of nitrogens with zero attached hydrogens (tertiary/aromatic N) is 1. The number of nitrogens with one attached hydrogen (secondary N) is 2. The predicted octanol–water partition coefficient (Wildman–Crippen LogP) is 3.49. The second-order valence-electron chi connectivity index (χ2n) is 5.36. The first-order chi connectivity index (χ1) is 12.6. The molecule has 0 saturated heterocycles. The van der Waals surface area contributed by atoms with Crippen LogP contribution in [0.3, 0.4) is 0 Å².